The quantitative estimate of drug-likeness (QED) is 0.779. The predicted octanol–water partition coefficient (Wildman–Crippen LogP) is 5.28. The highest BCUT2D eigenvalue weighted by Crippen LogP contribution is 2.35. The highest BCUT2D eigenvalue weighted by Gasteiger charge is 2.24. The fourth-order valence-corrected chi connectivity index (χ4v) is 3.83. The van der Waals surface area contributed by atoms with Crippen molar-refractivity contribution < 1.29 is 0 Å². The van der Waals surface area contributed by atoms with Gasteiger partial charge in [-0.15, -0.1) is 0 Å². The maximum absolute atomic E-state index is 6.73. The molecule has 0 spiro atoms. The first kappa shape index (κ1) is 15.6. The van der Waals surface area contributed by atoms with E-state index in [1.165, 1.54) is 72.8 Å². The van der Waals surface area contributed by atoms with Gasteiger partial charge in [-0.05, 0) is 74.3 Å². The van der Waals surface area contributed by atoms with E-state index in [9.17, 15) is 0 Å². The van der Waals surface area contributed by atoms with Gasteiger partial charge in [0.2, 0.25) is 0 Å². The van der Waals surface area contributed by atoms with Gasteiger partial charge in [0.15, 0.2) is 0 Å². The van der Waals surface area contributed by atoms with Crippen LogP contribution in [0.15, 0.2) is 6.07 Å². The van der Waals surface area contributed by atoms with Gasteiger partial charge in [0, 0.05) is 6.04 Å². The summed E-state index contributed by atoms with van der Waals surface area (Å²) in [7, 11) is 0. The average molecular weight is 273 g/mol. The molecule has 1 atom stereocenters. The largest absolute Gasteiger partial charge is 0.324 e. The molecule has 0 aliphatic heterocycles. The van der Waals surface area contributed by atoms with Gasteiger partial charge in [0.25, 0.3) is 0 Å². The van der Waals surface area contributed by atoms with Gasteiger partial charge < -0.3 is 5.73 Å². The second kappa shape index (κ2) is 6.76. The smallest absolute Gasteiger partial charge is 0.0328 e. The van der Waals surface area contributed by atoms with Crippen molar-refractivity contribution >= 4 is 0 Å². The van der Waals surface area contributed by atoms with Crippen molar-refractivity contribution in [1.29, 1.82) is 0 Å². The fraction of sp³-hybridized carbons (Fsp3) is 0.684. The van der Waals surface area contributed by atoms with Crippen LogP contribution in [0.1, 0.15) is 78.8 Å². The third kappa shape index (κ3) is 3.25. The number of aryl methyl sites for hydroxylation is 2. The second-order valence-corrected chi connectivity index (χ2v) is 6.81. The van der Waals surface area contributed by atoms with Crippen LogP contribution in [0.3, 0.4) is 0 Å². The van der Waals surface area contributed by atoms with Crippen LogP contribution in [0.5, 0.6) is 0 Å². The SMILES string of the molecule is Cc1cc(C)c(C)c(C(N)C2CCCCCCC2)c1C. The van der Waals surface area contributed by atoms with Gasteiger partial charge in [-0.1, -0.05) is 38.2 Å². The van der Waals surface area contributed by atoms with E-state index in [-0.39, 0.29) is 6.04 Å². The van der Waals surface area contributed by atoms with E-state index in [0.717, 1.165) is 0 Å². The molecule has 1 aliphatic carbocycles. The van der Waals surface area contributed by atoms with Crippen LogP contribution in [0.25, 0.3) is 0 Å². The molecule has 0 saturated heterocycles. The van der Waals surface area contributed by atoms with Crippen LogP contribution in [0.2, 0.25) is 0 Å². The molecule has 1 aromatic rings. The zero-order valence-electron chi connectivity index (χ0n) is 13.8. The third-order valence-electron chi connectivity index (χ3n) is 5.42. The van der Waals surface area contributed by atoms with Crippen LogP contribution < -0.4 is 5.73 Å². The molecular weight excluding hydrogens is 242 g/mol. The summed E-state index contributed by atoms with van der Waals surface area (Å²) in [6.07, 6.45) is 9.56. The van der Waals surface area contributed by atoms with Crippen LogP contribution >= 0.6 is 0 Å². The van der Waals surface area contributed by atoms with E-state index >= 15 is 0 Å². The van der Waals surface area contributed by atoms with Gasteiger partial charge in [-0.25, -0.2) is 0 Å². The molecule has 0 aromatic heterocycles. The molecule has 2 rings (SSSR count). The summed E-state index contributed by atoms with van der Waals surface area (Å²) in [4.78, 5) is 0. The Hall–Kier alpha value is -0.820. The van der Waals surface area contributed by atoms with Crippen molar-refractivity contribution in [1.82, 2.24) is 0 Å². The summed E-state index contributed by atoms with van der Waals surface area (Å²) < 4.78 is 0. The summed E-state index contributed by atoms with van der Waals surface area (Å²) in [6.45, 7) is 8.94. The number of nitrogens with two attached hydrogens (primary N) is 1. The van der Waals surface area contributed by atoms with Crippen LogP contribution in [0.4, 0.5) is 0 Å². The lowest BCUT2D eigenvalue weighted by molar-refractivity contribution is 0.326. The van der Waals surface area contributed by atoms with E-state index < -0.39 is 0 Å². The minimum absolute atomic E-state index is 0.228. The molecule has 2 N–H and O–H groups in total. The lowest BCUT2D eigenvalue weighted by Crippen LogP contribution is -2.24. The van der Waals surface area contributed by atoms with Crippen LogP contribution in [0, 0.1) is 33.6 Å². The third-order valence-corrected chi connectivity index (χ3v) is 5.42. The fourth-order valence-electron chi connectivity index (χ4n) is 3.83. The van der Waals surface area contributed by atoms with Crippen molar-refractivity contribution in [2.75, 3.05) is 0 Å². The Morgan fingerprint density at radius 1 is 0.850 bits per heavy atom. The lowest BCUT2D eigenvalue weighted by atomic mass is 9.79. The molecular formula is C19H31N. The molecule has 0 bridgehead atoms. The Balaban J connectivity index is 2.29. The number of benzene rings is 1. The Morgan fingerprint density at radius 2 is 1.30 bits per heavy atom. The molecule has 0 radical (unpaired) electrons. The monoisotopic (exact) mass is 273 g/mol. The Kier molecular flexibility index (Phi) is 5.26. The summed E-state index contributed by atoms with van der Waals surface area (Å²) in [5.74, 6) is 0.675. The molecule has 1 fully saturated rings. The average Bonchev–Trinajstić information content (AvgIpc) is 2.36. The summed E-state index contributed by atoms with van der Waals surface area (Å²) in [5, 5.41) is 0. The van der Waals surface area contributed by atoms with Crippen LogP contribution in [-0.2, 0) is 0 Å². The predicted molar refractivity (Wildman–Crippen MR) is 88.1 cm³/mol. The first-order chi connectivity index (χ1) is 9.52. The Morgan fingerprint density at radius 3 is 1.80 bits per heavy atom. The first-order valence-corrected chi connectivity index (χ1v) is 8.35. The molecule has 1 saturated carbocycles. The van der Waals surface area contributed by atoms with Gasteiger partial charge in [-0.3, -0.25) is 0 Å². The highest BCUT2D eigenvalue weighted by molar-refractivity contribution is 5.45. The summed E-state index contributed by atoms with van der Waals surface area (Å²) in [5.41, 5.74) is 13.8. The van der Waals surface area contributed by atoms with Crippen molar-refractivity contribution in [3.8, 4) is 0 Å². The maximum atomic E-state index is 6.73. The summed E-state index contributed by atoms with van der Waals surface area (Å²) in [6, 6.07) is 2.53. The summed E-state index contributed by atoms with van der Waals surface area (Å²) >= 11 is 0. The molecule has 1 nitrogen and oxygen atoms in total. The number of rotatable bonds is 2. The van der Waals surface area contributed by atoms with E-state index in [1.807, 2.05) is 0 Å². The van der Waals surface area contributed by atoms with E-state index in [2.05, 4.69) is 33.8 Å². The normalized spacial score (nSPS) is 19.4. The van der Waals surface area contributed by atoms with E-state index in [4.69, 9.17) is 5.73 Å². The first-order valence-electron chi connectivity index (χ1n) is 8.35. The van der Waals surface area contributed by atoms with Crippen molar-refractivity contribution in [2.24, 2.45) is 11.7 Å². The van der Waals surface area contributed by atoms with Gasteiger partial charge >= 0.3 is 0 Å². The molecule has 0 heterocycles. The molecule has 1 heteroatoms. The minimum atomic E-state index is 0.228. The van der Waals surface area contributed by atoms with Crippen molar-refractivity contribution in [2.45, 2.75) is 78.7 Å². The van der Waals surface area contributed by atoms with Gasteiger partial charge in [0.1, 0.15) is 0 Å². The minimum Gasteiger partial charge on any atom is -0.324 e. The molecule has 1 aliphatic rings. The zero-order chi connectivity index (χ0) is 14.7. The van der Waals surface area contributed by atoms with Gasteiger partial charge in [-0.2, -0.15) is 0 Å². The van der Waals surface area contributed by atoms with Crippen molar-refractivity contribution in [3.05, 3.63) is 33.9 Å². The maximum Gasteiger partial charge on any atom is 0.0328 e. The number of hydrogen-bond acceptors (Lipinski definition) is 1. The molecule has 1 aromatic carbocycles. The topological polar surface area (TPSA) is 26.0 Å². The molecule has 1 unspecified atom stereocenters. The zero-order valence-corrected chi connectivity index (χ0v) is 13.8. The Labute approximate surface area is 125 Å². The van der Waals surface area contributed by atoms with E-state index in [1.54, 1.807) is 0 Å². The second-order valence-electron chi connectivity index (χ2n) is 6.81. The molecule has 112 valence electrons. The van der Waals surface area contributed by atoms with Crippen molar-refractivity contribution in [3.63, 3.8) is 0 Å². The Bertz CT molecular complexity index is 427. The standard InChI is InChI=1S/C19H31N/c1-13-12-14(2)16(4)18(15(13)3)19(20)17-10-8-6-5-7-9-11-17/h12,17,19H,5-11,20H2,1-4H3. The lowest BCUT2D eigenvalue weighted by Gasteiger charge is -2.29. The van der Waals surface area contributed by atoms with E-state index in [0.29, 0.717) is 5.92 Å². The molecule has 0 amide bonds. The van der Waals surface area contributed by atoms with Crippen LogP contribution in [-0.4, -0.2) is 0 Å². The number of hydrogen-bond donors (Lipinski definition) is 1. The molecule has 20 heavy (non-hydrogen) atoms. The highest BCUT2D eigenvalue weighted by atomic mass is 14.7. The van der Waals surface area contributed by atoms with Gasteiger partial charge in [0.05, 0.1) is 0 Å².